The molecule has 0 unspecified atom stereocenters. The SMILES string of the molecule is C=C/C=C1/CCCO/C1=C/C.CC.CC.CC. The number of ether oxygens (including phenoxy) is 1. The van der Waals surface area contributed by atoms with Crippen molar-refractivity contribution in [3.63, 3.8) is 0 Å². The van der Waals surface area contributed by atoms with Gasteiger partial charge in [0.05, 0.1) is 6.61 Å². The van der Waals surface area contributed by atoms with E-state index in [1.807, 2.05) is 66.7 Å². The molecular formula is C16H32O. The number of allylic oxidation sites excluding steroid dienone is 4. The normalized spacial score (nSPS) is 17.4. The molecule has 1 fully saturated rings. The first-order chi connectivity index (χ1) is 8.38. The minimum atomic E-state index is 0.855. The summed E-state index contributed by atoms with van der Waals surface area (Å²) in [5.74, 6) is 1.02. The lowest BCUT2D eigenvalue weighted by atomic mass is 10.1. The van der Waals surface area contributed by atoms with Crippen molar-refractivity contribution < 1.29 is 4.74 Å². The van der Waals surface area contributed by atoms with E-state index in [4.69, 9.17) is 4.74 Å². The summed E-state index contributed by atoms with van der Waals surface area (Å²) < 4.78 is 5.44. The van der Waals surface area contributed by atoms with Crippen LogP contribution in [0, 0.1) is 0 Å². The molecule has 0 atom stereocenters. The van der Waals surface area contributed by atoms with Gasteiger partial charge in [0.15, 0.2) is 0 Å². The van der Waals surface area contributed by atoms with Gasteiger partial charge in [0.2, 0.25) is 0 Å². The summed E-state index contributed by atoms with van der Waals surface area (Å²) in [4.78, 5) is 0. The third-order valence-corrected chi connectivity index (χ3v) is 1.75. The van der Waals surface area contributed by atoms with E-state index in [9.17, 15) is 0 Å². The van der Waals surface area contributed by atoms with Gasteiger partial charge in [-0.25, -0.2) is 0 Å². The summed E-state index contributed by atoms with van der Waals surface area (Å²) in [6, 6.07) is 0. The fraction of sp³-hybridized carbons (Fsp3) is 0.625. The average Bonchev–Trinajstić information content (AvgIpc) is 2.46. The Morgan fingerprint density at radius 2 is 1.59 bits per heavy atom. The molecule has 1 nitrogen and oxygen atoms in total. The quantitative estimate of drug-likeness (QED) is 0.555. The Labute approximate surface area is 109 Å². The second kappa shape index (κ2) is 20.4. The second-order valence-corrected chi connectivity index (χ2v) is 2.53. The highest BCUT2D eigenvalue weighted by atomic mass is 16.5. The maximum absolute atomic E-state index is 5.44. The van der Waals surface area contributed by atoms with E-state index in [0.29, 0.717) is 0 Å². The molecule has 1 aliphatic heterocycles. The van der Waals surface area contributed by atoms with Gasteiger partial charge in [-0.3, -0.25) is 0 Å². The van der Waals surface area contributed by atoms with Crippen molar-refractivity contribution in [1.29, 1.82) is 0 Å². The van der Waals surface area contributed by atoms with Crippen LogP contribution in [-0.2, 0) is 4.74 Å². The fourth-order valence-electron chi connectivity index (χ4n) is 1.24. The zero-order valence-corrected chi connectivity index (χ0v) is 13.0. The lowest BCUT2D eigenvalue weighted by Gasteiger charge is -2.18. The highest BCUT2D eigenvalue weighted by Crippen LogP contribution is 2.22. The van der Waals surface area contributed by atoms with Gasteiger partial charge < -0.3 is 4.74 Å². The average molecular weight is 240 g/mol. The summed E-state index contributed by atoms with van der Waals surface area (Å²) >= 11 is 0. The molecule has 1 heterocycles. The number of hydrogen-bond acceptors (Lipinski definition) is 1. The fourth-order valence-corrected chi connectivity index (χ4v) is 1.24. The van der Waals surface area contributed by atoms with Gasteiger partial charge in [0.1, 0.15) is 5.76 Å². The molecule has 1 saturated heterocycles. The first-order valence-corrected chi connectivity index (χ1v) is 6.99. The van der Waals surface area contributed by atoms with Crippen molar-refractivity contribution in [3.05, 3.63) is 36.1 Å². The Morgan fingerprint density at radius 3 is 2.00 bits per heavy atom. The smallest absolute Gasteiger partial charge is 0.118 e. The van der Waals surface area contributed by atoms with Crippen LogP contribution >= 0.6 is 0 Å². The second-order valence-electron chi connectivity index (χ2n) is 2.53. The molecule has 0 saturated carbocycles. The van der Waals surface area contributed by atoms with Crippen LogP contribution in [0.3, 0.4) is 0 Å². The predicted octanol–water partition coefficient (Wildman–Crippen LogP) is 5.89. The van der Waals surface area contributed by atoms with Crippen molar-refractivity contribution in [3.8, 4) is 0 Å². The number of rotatable bonds is 1. The maximum Gasteiger partial charge on any atom is 0.118 e. The lowest BCUT2D eigenvalue weighted by Crippen LogP contribution is -2.05. The van der Waals surface area contributed by atoms with E-state index in [1.54, 1.807) is 0 Å². The summed E-state index contributed by atoms with van der Waals surface area (Å²) in [5.41, 5.74) is 1.27. The van der Waals surface area contributed by atoms with E-state index >= 15 is 0 Å². The van der Waals surface area contributed by atoms with Crippen molar-refractivity contribution >= 4 is 0 Å². The standard InChI is InChI=1S/C10H14O.3C2H6/c1-3-6-9-7-5-8-11-10(9)4-2;3*1-2/h3-4,6H,1,5,7-8H2,2H3;3*1-2H3/b9-6-,10-4+;;;. The Balaban J connectivity index is -0.000000285. The van der Waals surface area contributed by atoms with Crippen molar-refractivity contribution in [2.45, 2.75) is 61.3 Å². The van der Waals surface area contributed by atoms with E-state index in [-0.39, 0.29) is 0 Å². The molecule has 0 bridgehead atoms. The Hall–Kier alpha value is -0.980. The first kappa shape index (κ1) is 21.3. The molecule has 1 heteroatoms. The van der Waals surface area contributed by atoms with Crippen molar-refractivity contribution in [2.75, 3.05) is 6.61 Å². The monoisotopic (exact) mass is 240 g/mol. The Bertz CT molecular complexity index is 200. The van der Waals surface area contributed by atoms with Crippen molar-refractivity contribution in [2.24, 2.45) is 0 Å². The van der Waals surface area contributed by atoms with E-state index in [0.717, 1.165) is 25.2 Å². The number of hydrogen-bond donors (Lipinski definition) is 0. The lowest BCUT2D eigenvalue weighted by molar-refractivity contribution is 0.193. The van der Waals surface area contributed by atoms with Crippen LogP contribution in [0.25, 0.3) is 0 Å². The maximum atomic E-state index is 5.44. The van der Waals surface area contributed by atoms with Gasteiger partial charge in [-0.15, -0.1) is 0 Å². The molecule has 0 aromatic rings. The van der Waals surface area contributed by atoms with Gasteiger partial charge in [-0.05, 0) is 31.4 Å². The molecule has 1 rings (SSSR count). The molecule has 0 aromatic carbocycles. The largest absolute Gasteiger partial charge is 0.494 e. The van der Waals surface area contributed by atoms with Crippen LogP contribution in [0.4, 0.5) is 0 Å². The molecule has 0 N–H and O–H groups in total. The highest BCUT2D eigenvalue weighted by molar-refractivity contribution is 5.29. The molecule has 0 aromatic heterocycles. The van der Waals surface area contributed by atoms with Crippen LogP contribution in [0.5, 0.6) is 0 Å². The topological polar surface area (TPSA) is 9.23 Å². The first-order valence-electron chi connectivity index (χ1n) is 6.99. The third-order valence-electron chi connectivity index (χ3n) is 1.75. The van der Waals surface area contributed by atoms with Crippen LogP contribution in [0.2, 0.25) is 0 Å². The summed E-state index contributed by atoms with van der Waals surface area (Å²) in [6.45, 7) is 18.5. The summed E-state index contributed by atoms with van der Waals surface area (Å²) in [7, 11) is 0. The molecule has 17 heavy (non-hydrogen) atoms. The predicted molar refractivity (Wildman–Crippen MR) is 81.3 cm³/mol. The van der Waals surface area contributed by atoms with Gasteiger partial charge in [-0.2, -0.15) is 0 Å². The van der Waals surface area contributed by atoms with Gasteiger partial charge >= 0.3 is 0 Å². The van der Waals surface area contributed by atoms with Crippen LogP contribution in [0.1, 0.15) is 61.3 Å². The molecule has 0 radical (unpaired) electrons. The molecule has 0 spiro atoms. The van der Waals surface area contributed by atoms with Gasteiger partial charge in [-0.1, -0.05) is 60.3 Å². The molecule has 1 aliphatic rings. The van der Waals surface area contributed by atoms with Crippen molar-refractivity contribution in [1.82, 2.24) is 0 Å². The third kappa shape index (κ3) is 11.3. The molecular weight excluding hydrogens is 208 g/mol. The molecule has 0 aliphatic carbocycles. The molecule has 0 amide bonds. The van der Waals surface area contributed by atoms with E-state index < -0.39 is 0 Å². The minimum absolute atomic E-state index is 0.855. The summed E-state index contributed by atoms with van der Waals surface area (Å²) in [6.07, 6.45) is 8.08. The Morgan fingerprint density at radius 1 is 1.06 bits per heavy atom. The van der Waals surface area contributed by atoms with Crippen LogP contribution < -0.4 is 0 Å². The highest BCUT2D eigenvalue weighted by Gasteiger charge is 2.09. The minimum Gasteiger partial charge on any atom is -0.494 e. The summed E-state index contributed by atoms with van der Waals surface area (Å²) in [5, 5.41) is 0. The zero-order chi connectivity index (χ0) is 14.1. The van der Waals surface area contributed by atoms with E-state index in [1.165, 1.54) is 5.57 Å². The van der Waals surface area contributed by atoms with Crippen LogP contribution in [0.15, 0.2) is 36.1 Å². The zero-order valence-electron chi connectivity index (χ0n) is 13.0. The van der Waals surface area contributed by atoms with Gasteiger partial charge in [0.25, 0.3) is 0 Å². The van der Waals surface area contributed by atoms with Crippen LogP contribution in [-0.4, -0.2) is 6.61 Å². The Kier molecular flexibility index (Phi) is 25.6. The van der Waals surface area contributed by atoms with E-state index in [2.05, 4.69) is 6.58 Å². The van der Waals surface area contributed by atoms with Gasteiger partial charge in [0, 0.05) is 0 Å². The molecule has 102 valence electrons.